The van der Waals surface area contributed by atoms with Crippen molar-refractivity contribution in [1.29, 1.82) is 0 Å². The van der Waals surface area contributed by atoms with Gasteiger partial charge in [0.1, 0.15) is 0 Å². The minimum absolute atomic E-state index is 0.292. The lowest BCUT2D eigenvalue weighted by molar-refractivity contribution is -0.137. The van der Waals surface area contributed by atoms with Gasteiger partial charge in [-0.2, -0.15) is 0 Å². The summed E-state index contributed by atoms with van der Waals surface area (Å²) in [6, 6.07) is 0. The molecule has 0 fully saturated rings. The zero-order valence-corrected chi connectivity index (χ0v) is 7.92. The Labute approximate surface area is 69.0 Å². The molecule has 0 radical (unpaired) electrons. The van der Waals surface area contributed by atoms with Crippen molar-refractivity contribution in [3.8, 4) is 0 Å². The maximum absolute atomic E-state index is 9.60. The van der Waals surface area contributed by atoms with Gasteiger partial charge in [0.15, 0.2) is 0 Å². The Kier molecular flexibility index (Phi) is 11.2. The summed E-state index contributed by atoms with van der Waals surface area (Å²) in [6.07, 6.45) is 1.02. The summed E-state index contributed by atoms with van der Waals surface area (Å²) in [4.78, 5) is 11.7. The van der Waals surface area contributed by atoms with E-state index in [4.69, 9.17) is 5.11 Å². The van der Waals surface area contributed by atoms with E-state index in [1.54, 1.807) is 0 Å². The second kappa shape index (κ2) is 9.43. The van der Waals surface area contributed by atoms with Crippen molar-refractivity contribution in [3.63, 3.8) is 0 Å². The van der Waals surface area contributed by atoms with Gasteiger partial charge >= 0.3 is 5.97 Å². The van der Waals surface area contributed by atoms with Crippen molar-refractivity contribution in [3.05, 3.63) is 0 Å². The van der Waals surface area contributed by atoms with Crippen LogP contribution in [0.25, 0.3) is 0 Å². The summed E-state index contributed by atoms with van der Waals surface area (Å²) in [7, 11) is 4.11. The first kappa shape index (κ1) is 13.1. The fraction of sp³-hybridized carbons (Fsp3) is 0.875. The predicted octanol–water partition coefficient (Wildman–Crippen LogP) is 1.44. The first-order valence-electron chi connectivity index (χ1n) is 3.91. The van der Waals surface area contributed by atoms with Crippen molar-refractivity contribution >= 4 is 5.97 Å². The summed E-state index contributed by atoms with van der Waals surface area (Å²) >= 11 is 0. The lowest BCUT2D eigenvalue weighted by Gasteiger charge is -2.00. The highest BCUT2D eigenvalue weighted by molar-refractivity contribution is 5.66. The van der Waals surface area contributed by atoms with E-state index in [0.717, 1.165) is 13.0 Å². The quantitative estimate of drug-likeness (QED) is 0.681. The molecule has 11 heavy (non-hydrogen) atoms. The van der Waals surface area contributed by atoms with E-state index in [1.807, 2.05) is 6.92 Å². The summed E-state index contributed by atoms with van der Waals surface area (Å²) < 4.78 is 0. The summed E-state index contributed by atoms with van der Waals surface area (Å²) in [5.74, 6) is -0.711. The molecular formula is C8H19NO2. The van der Waals surface area contributed by atoms with E-state index in [1.165, 1.54) is 0 Å². The molecular weight excluding hydrogens is 142 g/mol. The molecule has 0 spiro atoms. The molecule has 0 rings (SSSR count). The van der Waals surface area contributed by atoms with Gasteiger partial charge in [-0.15, -0.1) is 0 Å². The van der Waals surface area contributed by atoms with Crippen LogP contribution in [0.2, 0.25) is 0 Å². The molecule has 0 aromatic carbocycles. The molecule has 3 nitrogen and oxygen atoms in total. The van der Waals surface area contributed by atoms with Gasteiger partial charge in [-0.3, -0.25) is 4.79 Å². The maximum Gasteiger partial charge on any atom is 0.303 e. The van der Waals surface area contributed by atoms with E-state index < -0.39 is 5.97 Å². The van der Waals surface area contributed by atoms with Gasteiger partial charge in [-0.1, -0.05) is 13.8 Å². The molecule has 0 aliphatic carbocycles. The van der Waals surface area contributed by atoms with Crippen molar-refractivity contribution < 1.29 is 9.90 Å². The SMILES string of the molecule is CCCC(=O)O.CCN(C)C. The first-order valence-corrected chi connectivity index (χ1v) is 3.91. The Hall–Kier alpha value is -0.570. The van der Waals surface area contributed by atoms with Gasteiger partial charge in [0.25, 0.3) is 0 Å². The number of hydrogen-bond donors (Lipinski definition) is 1. The number of nitrogens with zero attached hydrogens (tertiary/aromatic N) is 1. The van der Waals surface area contributed by atoms with Crippen LogP contribution >= 0.6 is 0 Å². The third-order valence-corrected chi connectivity index (χ3v) is 1.10. The standard InChI is InChI=1S/C4H11N.C4H8O2/c1-4-5(2)3;1-2-3-4(5)6/h4H2,1-3H3;2-3H2,1H3,(H,5,6). The number of aliphatic carboxylic acids is 1. The van der Waals surface area contributed by atoms with Gasteiger partial charge in [-0.05, 0) is 27.1 Å². The molecule has 0 aromatic rings. The number of rotatable bonds is 3. The molecule has 0 aromatic heterocycles. The van der Waals surface area contributed by atoms with Crippen molar-refractivity contribution in [2.24, 2.45) is 0 Å². The van der Waals surface area contributed by atoms with Gasteiger partial charge in [0, 0.05) is 6.42 Å². The Morgan fingerprint density at radius 1 is 1.36 bits per heavy atom. The number of hydrogen-bond acceptors (Lipinski definition) is 2. The Morgan fingerprint density at radius 3 is 1.73 bits per heavy atom. The van der Waals surface area contributed by atoms with E-state index in [9.17, 15) is 4.79 Å². The van der Waals surface area contributed by atoms with Crippen LogP contribution in [-0.4, -0.2) is 36.6 Å². The minimum atomic E-state index is -0.711. The molecule has 68 valence electrons. The normalized spacial score (nSPS) is 8.82. The van der Waals surface area contributed by atoms with Gasteiger partial charge in [0.05, 0.1) is 0 Å². The fourth-order valence-corrected chi connectivity index (χ4v) is 0.214. The molecule has 0 saturated heterocycles. The summed E-state index contributed by atoms with van der Waals surface area (Å²) in [5.41, 5.74) is 0. The van der Waals surface area contributed by atoms with Crippen LogP contribution in [0.5, 0.6) is 0 Å². The monoisotopic (exact) mass is 161 g/mol. The molecule has 0 bridgehead atoms. The van der Waals surface area contributed by atoms with Crippen LogP contribution in [0.4, 0.5) is 0 Å². The zero-order valence-electron chi connectivity index (χ0n) is 7.92. The predicted molar refractivity (Wildman–Crippen MR) is 46.8 cm³/mol. The van der Waals surface area contributed by atoms with Crippen LogP contribution in [0.15, 0.2) is 0 Å². The van der Waals surface area contributed by atoms with Crippen molar-refractivity contribution in [2.45, 2.75) is 26.7 Å². The van der Waals surface area contributed by atoms with E-state index in [2.05, 4.69) is 25.9 Å². The molecule has 0 unspecified atom stereocenters. The molecule has 0 aliphatic heterocycles. The second-order valence-corrected chi connectivity index (χ2v) is 2.54. The maximum atomic E-state index is 9.60. The lowest BCUT2D eigenvalue weighted by atomic mass is 10.4. The Bertz CT molecular complexity index is 92.1. The molecule has 0 atom stereocenters. The molecule has 0 amide bonds. The number of carbonyl (C=O) groups is 1. The van der Waals surface area contributed by atoms with Crippen LogP contribution in [-0.2, 0) is 4.79 Å². The Balaban J connectivity index is 0. The third kappa shape index (κ3) is 26.5. The van der Waals surface area contributed by atoms with E-state index >= 15 is 0 Å². The van der Waals surface area contributed by atoms with Crippen LogP contribution in [0, 0.1) is 0 Å². The number of carboxylic acids is 1. The number of carboxylic acid groups (broad SMARTS) is 1. The largest absolute Gasteiger partial charge is 0.481 e. The molecule has 3 heteroatoms. The lowest BCUT2D eigenvalue weighted by Crippen LogP contribution is -2.08. The van der Waals surface area contributed by atoms with E-state index in [0.29, 0.717) is 6.42 Å². The average molecular weight is 161 g/mol. The first-order chi connectivity index (χ1) is 5.04. The van der Waals surface area contributed by atoms with Gasteiger partial charge < -0.3 is 10.0 Å². The highest BCUT2D eigenvalue weighted by atomic mass is 16.4. The van der Waals surface area contributed by atoms with Crippen molar-refractivity contribution in [1.82, 2.24) is 4.90 Å². The second-order valence-electron chi connectivity index (χ2n) is 2.54. The third-order valence-electron chi connectivity index (χ3n) is 1.10. The Morgan fingerprint density at radius 2 is 1.73 bits per heavy atom. The molecule has 1 N–H and O–H groups in total. The minimum Gasteiger partial charge on any atom is -0.481 e. The fourth-order valence-electron chi connectivity index (χ4n) is 0.214. The topological polar surface area (TPSA) is 40.5 Å². The van der Waals surface area contributed by atoms with Crippen LogP contribution in [0.1, 0.15) is 26.7 Å². The van der Waals surface area contributed by atoms with Crippen LogP contribution in [0.3, 0.4) is 0 Å². The average Bonchev–Trinajstić information content (AvgIpc) is 1.89. The smallest absolute Gasteiger partial charge is 0.303 e. The van der Waals surface area contributed by atoms with Crippen LogP contribution < -0.4 is 0 Å². The van der Waals surface area contributed by atoms with Crippen molar-refractivity contribution in [2.75, 3.05) is 20.6 Å². The van der Waals surface area contributed by atoms with Gasteiger partial charge in [0.2, 0.25) is 0 Å². The highest BCUT2D eigenvalue weighted by Crippen LogP contribution is 1.82. The highest BCUT2D eigenvalue weighted by Gasteiger charge is 1.87. The molecule has 0 saturated carbocycles. The molecule has 0 aliphatic rings. The summed E-state index contributed by atoms with van der Waals surface area (Å²) in [6.45, 7) is 5.11. The summed E-state index contributed by atoms with van der Waals surface area (Å²) in [5, 5.41) is 7.91. The zero-order chi connectivity index (χ0) is 9.28. The van der Waals surface area contributed by atoms with E-state index in [-0.39, 0.29) is 0 Å². The van der Waals surface area contributed by atoms with Gasteiger partial charge in [-0.25, -0.2) is 0 Å². The molecule has 0 heterocycles.